The Balaban J connectivity index is 1.23. The van der Waals surface area contributed by atoms with Crippen LogP contribution in [-0.2, 0) is 4.79 Å². The molecule has 6 nitrogen and oxygen atoms in total. The van der Waals surface area contributed by atoms with Crippen LogP contribution in [0.2, 0.25) is 5.02 Å². The second kappa shape index (κ2) is 10.7. The summed E-state index contributed by atoms with van der Waals surface area (Å²) in [6.07, 6.45) is 9.73. The Kier molecular flexibility index (Phi) is 7.32. The minimum absolute atomic E-state index is 0.0894. The molecule has 32 heavy (non-hydrogen) atoms. The number of aromatic amines is 1. The zero-order valence-electron chi connectivity index (χ0n) is 16.9. The number of hydrogen-bond donors (Lipinski definition) is 1. The summed E-state index contributed by atoms with van der Waals surface area (Å²) in [7, 11) is 0. The molecule has 0 spiro atoms. The molecule has 4 aromatic rings. The van der Waals surface area contributed by atoms with Crippen LogP contribution in [0.5, 0.6) is 5.75 Å². The van der Waals surface area contributed by atoms with Gasteiger partial charge in [-0.05, 0) is 47.5 Å². The molecule has 0 fully saturated rings. The monoisotopic (exact) mass is 462 g/mol. The molecule has 0 atom stereocenters. The molecule has 0 saturated heterocycles. The van der Waals surface area contributed by atoms with E-state index >= 15 is 0 Å². The Morgan fingerprint density at radius 1 is 0.969 bits per heavy atom. The molecule has 0 aliphatic carbocycles. The highest BCUT2D eigenvalue weighted by molar-refractivity contribution is 7.99. The number of rotatable bonds is 9. The van der Waals surface area contributed by atoms with Gasteiger partial charge in [-0.3, -0.25) is 4.79 Å². The third-order valence-corrected chi connectivity index (χ3v) is 5.61. The predicted octanol–water partition coefficient (Wildman–Crippen LogP) is 5.47. The van der Waals surface area contributed by atoms with Crippen LogP contribution in [0.15, 0.2) is 78.4 Å². The lowest BCUT2D eigenvalue weighted by molar-refractivity contribution is -0.110. The lowest BCUT2D eigenvalue weighted by atomic mass is 10.1. The smallest absolute Gasteiger partial charge is 0.181 e. The Morgan fingerprint density at radius 3 is 2.38 bits per heavy atom. The number of hydrogen-bond acceptors (Lipinski definition) is 6. The quantitative estimate of drug-likeness (QED) is 0.154. The number of imidazole rings is 1. The van der Waals surface area contributed by atoms with Gasteiger partial charge in [-0.25, -0.2) is 15.0 Å². The number of fused-ring (bicyclic) bond motifs is 1. The summed E-state index contributed by atoms with van der Waals surface area (Å²) >= 11 is 7.44. The predicted molar refractivity (Wildman–Crippen MR) is 129 cm³/mol. The van der Waals surface area contributed by atoms with E-state index in [2.05, 4.69) is 19.9 Å². The topological polar surface area (TPSA) is 80.8 Å². The molecule has 0 radical (unpaired) electrons. The number of ketones is 1. The summed E-state index contributed by atoms with van der Waals surface area (Å²) in [6, 6.07) is 14.9. The maximum atomic E-state index is 12.0. The number of ether oxygens (including phenoxy) is 1. The molecule has 2 aromatic heterocycles. The number of halogens is 1. The maximum absolute atomic E-state index is 12.0. The highest BCUT2D eigenvalue weighted by atomic mass is 35.5. The zero-order valence-corrected chi connectivity index (χ0v) is 18.5. The normalized spacial score (nSPS) is 11.5. The number of thioether (sulfide) groups is 1. The van der Waals surface area contributed by atoms with Gasteiger partial charge >= 0.3 is 0 Å². The summed E-state index contributed by atoms with van der Waals surface area (Å²) in [6.45, 7) is 0.535. The second-order valence-electron chi connectivity index (χ2n) is 6.67. The standard InChI is InChI=1S/C24H19ClN4O2S/c25-19-7-1-17(2-8-19)3-9-20(30)10-4-18-5-11-21(12-6-18)31-13-14-32-24-22-23(27-15-26-22)28-16-29-24/h1-12,15-16H,13-14H2,(H,26,27,28,29)/b9-3+,10-4+. The Bertz CT molecular complexity index is 1250. The molecule has 0 unspecified atom stereocenters. The number of benzene rings is 2. The molecule has 160 valence electrons. The van der Waals surface area contributed by atoms with Crippen LogP contribution in [0, 0.1) is 0 Å². The van der Waals surface area contributed by atoms with Crippen molar-refractivity contribution in [2.75, 3.05) is 12.4 Å². The molecule has 0 amide bonds. The van der Waals surface area contributed by atoms with Crippen LogP contribution in [-0.4, -0.2) is 38.1 Å². The largest absolute Gasteiger partial charge is 0.493 e. The molecular formula is C24H19ClN4O2S. The first-order valence-electron chi connectivity index (χ1n) is 9.83. The highest BCUT2D eigenvalue weighted by Gasteiger charge is 2.06. The van der Waals surface area contributed by atoms with Gasteiger partial charge in [0.25, 0.3) is 0 Å². The van der Waals surface area contributed by atoms with E-state index in [1.54, 1.807) is 42.4 Å². The number of aromatic nitrogens is 4. The highest BCUT2D eigenvalue weighted by Crippen LogP contribution is 2.22. The second-order valence-corrected chi connectivity index (χ2v) is 8.19. The molecule has 4 rings (SSSR count). The summed E-state index contributed by atoms with van der Waals surface area (Å²) in [5.74, 6) is 1.42. The van der Waals surface area contributed by atoms with Crippen LogP contribution >= 0.6 is 23.4 Å². The van der Waals surface area contributed by atoms with Crippen LogP contribution in [0.25, 0.3) is 23.3 Å². The third-order valence-electron chi connectivity index (χ3n) is 4.41. The first-order valence-corrected chi connectivity index (χ1v) is 11.2. The lowest BCUT2D eigenvalue weighted by Gasteiger charge is -2.06. The van der Waals surface area contributed by atoms with Crippen molar-refractivity contribution in [2.24, 2.45) is 0 Å². The van der Waals surface area contributed by atoms with Crippen molar-refractivity contribution in [2.45, 2.75) is 5.03 Å². The van der Waals surface area contributed by atoms with Gasteiger partial charge < -0.3 is 9.72 Å². The van der Waals surface area contributed by atoms with Crippen LogP contribution in [0.1, 0.15) is 11.1 Å². The first kappa shape index (κ1) is 21.8. The average molecular weight is 463 g/mol. The van der Waals surface area contributed by atoms with Crippen molar-refractivity contribution in [1.82, 2.24) is 19.9 Å². The van der Waals surface area contributed by atoms with Crippen molar-refractivity contribution in [3.8, 4) is 5.75 Å². The SMILES string of the molecule is O=C(/C=C/c1ccc(Cl)cc1)/C=C/c1ccc(OCCSc2ncnc3nc[nH]c23)cc1. The fraction of sp³-hybridized carbons (Fsp3) is 0.0833. The van der Waals surface area contributed by atoms with E-state index in [1.165, 1.54) is 18.5 Å². The fourth-order valence-electron chi connectivity index (χ4n) is 2.81. The van der Waals surface area contributed by atoms with Crippen LogP contribution in [0.4, 0.5) is 0 Å². The molecule has 8 heteroatoms. The zero-order chi connectivity index (χ0) is 22.2. The minimum atomic E-state index is -0.0894. The lowest BCUT2D eigenvalue weighted by Crippen LogP contribution is -2.00. The molecule has 0 bridgehead atoms. The number of carbonyl (C=O) groups excluding carboxylic acids is 1. The Labute approximate surface area is 194 Å². The number of nitrogens with zero attached hydrogens (tertiary/aromatic N) is 3. The summed E-state index contributed by atoms with van der Waals surface area (Å²) in [4.78, 5) is 27.6. The van der Waals surface area contributed by atoms with Gasteiger partial charge in [0, 0.05) is 10.8 Å². The van der Waals surface area contributed by atoms with E-state index in [4.69, 9.17) is 16.3 Å². The molecular weight excluding hydrogens is 444 g/mol. The Hall–Kier alpha value is -3.42. The number of nitrogens with one attached hydrogen (secondary N) is 1. The van der Waals surface area contributed by atoms with Gasteiger partial charge in [-0.15, -0.1) is 11.8 Å². The molecule has 0 saturated carbocycles. The molecule has 2 heterocycles. The van der Waals surface area contributed by atoms with E-state index in [9.17, 15) is 4.79 Å². The number of allylic oxidation sites excluding steroid dienone is 2. The summed E-state index contributed by atoms with van der Waals surface area (Å²) in [5, 5.41) is 1.52. The maximum Gasteiger partial charge on any atom is 0.181 e. The van der Waals surface area contributed by atoms with Crippen LogP contribution in [0.3, 0.4) is 0 Å². The fourth-order valence-corrected chi connectivity index (χ4v) is 3.71. The van der Waals surface area contributed by atoms with Gasteiger partial charge in [-0.1, -0.05) is 48.0 Å². The number of H-pyrrole nitrogens is 1. The Morgan fingerprint density at radius 2 is 1.66 bits per heavy atom. The van der Waals surface area contributed by atoms with Crippen molar-refractivity contribution >= 4 is 52.5 Å². The molecule has 2 aromatic carbocycles. The van der Waals surface area contributed by atoms with E-state index < -0.39 is 0 Å². The van der Waals surface area contributed by atoms with Gasteiger partial charge in [-0.2, -0.15) is 0 Å². The molecule has 0 aliphatic heterocycles. The summed E-state index contributed by atoms with van der Waals surface area (Å²) in [5.41, 5.74) is 3.34. The van der Waals surface area contributed by atoms with E-state index in [1.807, 2.05) is 36.4 Å². The minimum Gasteiger partial charge on any atom is -0.493 e. The van der Waals surface area contributed by atoms with E-state index in [0.29, 0.717) is 17.3 Å². The van der Waals surface area contributed by atoms with Crippen molar-refractivity contribution < 1.29 is 9.53 Å². The average Bonchev–Trinajstić information content (AvgIpc) is 3.31. The molecule has 0 aliphatic rings. The van der Waals surface area contributed by atoms with Gasteiger partial charge in [0.05, 0.1) is 12.9 Å². The van der Waals surface area contributed by atoms with Gasteiger partial charge in [0.2, 0.25) is 0 Å². The van der Waals surface area contributed by atoms with Crippen molar-refractivity contribution in [1.29, 1.82) is 0 Å². The summed E-state index contributed by atoms with van der Waals surface area (Å²) < 4.78 is 5.80. The van der Waals surface area contributed by atoms with E-state index in [0.717, 1.165) is 33.2 Å². The van der Waals surface area contributed by atoms with Gasteiger partial charge in [0.1, 0.15) is 22.6 Å². The first-order chi connectivity index (χ1) is 15.7. The third kappa shape index (κ3) is 6.06. The number of carbonyl (C=O) groups is 1. The molecule has 1 N–H and O–H groups in total. The van der Waals surface area contributed by atoms with Crippen molar-refractivity contribution in [3.63, 3.8) is 0 Å². The van der Waals surface area contributed by atoms with Gasteiger partial charge in [0.15, 0.2) is 11.4 Å². The van der Waals surface area contributed by atoms with Crippen molar-refractivity contribution in [3.05, 3.63) is 89.5 Å². The van der Waals surface area contributed by atoms with E-state index in [-0.39, 0.29) is 5.78 Å². The van der Waals surface area contributed by atoms with Crippen LogP contribution < -0.4 is 4.74 Å².